The minimum absolute atomic E-state index is 0.0663. The van der Waals surface area contributed by atoms with E-state index in [1.54, 1.807) is 12.4 Å². The molecule has 138 valence electrons. The number of nitrogens with one attached hydrogen (secondary N) is 1. The van der Waals surface area contributed by atoms with E-state index < -0.39 is 9.84 Å². The Morgan fingerprint density at radius 2 is 2.12 bits per heavy atom. The van der Waals surface area contributed by atoms with Gasteiger partial charge in [0.25, 0.3) is 0 Å². The largest absolute Gasteiger partial charge is 0.266 e. The lowest BCUT2D eigenvalue weighted by Gasteiger charge is -2.19. The van der Waals surface area contributed by atoms with Crippen LogP contribution < -0.4 is 0 Å². The van der Waals surface area contributed by atoms with Crippen molar-refractivity contribution < 1.29 is 8.42 Å². The number of nitrogens with zero attached hydrogens (tertiary/aromatic N) is 4. The zero-order chi connectivity index (χ0) is 17.9. The summed E-state index contributed by atoms with van der Waals surface area (Å²) in [5, 5.41) is 8.53. The van der Waals surface area contributed by atoms with Gasteiger partial charge in [0.2, 0.25) is 0 Å². The fraction of sp³-hybridized carbons (Fsp3) is 0.611. The molecule has 3 aromatic rings. The van der Waals surface area contributed by atoms with Crippen molar-refractivity contribution >= 4 is 31.9 Å². The second-order valence-corrected chi connectivity index (χ2v) is 10.2. The van der Waals surface area contributed by atoms with Crippen LogP contribution in [0, 0.1) is 11.8 Å². The molecule has 1 N–H and O–H groups in total. The van der Waals surface area contributed by atoms with Crippen LogP contribution in [0.5, 0.6) is 0 Å². The minimum Gasteiger partial charge on any atom is -0.266 e. The Morgan fingerprint density at radius 1 is 1.27 bits per heavy atom. The molecule has 5 rings (SSSR count). The normalized spacial score (nSPS) is 26.9. The van der Waals surface area contributed by atoms with E-state index in [9.17, 15) is 8.42 Å². The quantitative estimate of drug-likeness (QED) is 0.742. The van der Waals surface area contributed by atoms with Gasteiger partial charge in [0.1, 0.15) is 5.52 Å². The van der Waals surface area contributed by atoms with E-state index in [2.05, 4.69) is 31.9 Å². The summed E-state index contributed by atoms with van der Waals surface area (Å²) in [5.74, 6) is 1.03. The average Bonchev–Trinajstić information content (AvgIpc) is 3.06. The van der Waals surface area contributed by atoms with Crippen LogP contribution in [-0.2, 0) is 9.84 Å². The van der Waals surface area contributed by atoms with Crippen LogP contribution in [0.25, 0.3) is 22.1 Å². The molecule has 2 aliphatic carbocycles. The number of aromatic amines is 1. The standard InChI is InChI=1S/C18H23N5O2S/c1-2-12-7-11(10-26(24,25)13-3-4-13)8-16(12)23-17-14-5-6-19-18(14)20-9-15(17)21-22-23/h5-6,9,11-13,16,22H,2-4,7-8,10H2,1H3/t11-,12+,16-/m0/s1. The lowest BCUT2D eigenvalue weighted by atomic mass is 10.0. The molecular formula is C18H23N5O2S. The van der Waals surface area contributed by atoms with Crippen molar-refractivity contribution in [2.75, 3.05) is 5.75 Å². The molecule has 2 aliphatic rings. The third-order valence-electron chi connectivity index (χ3n) is 6.12. The second kappa shape index (κ2) is 5.77. The molecule has 0 aromatic carbocycles. The lowest BCUT2D eigenvalue weighted by molar-refractivity contribution is 0.346. The average molecular weight is 373 g/mol. The molecule has 3 atom stereocenters. The first-order valence-electron chi connectivity index (χ1n) is 9.44. The van der Waals surface area contributed by atoms with Crippen molar-refractivity contribution in [2.24, 2.45) is 11.8 Å². The van der Waals surface area contributed by atoms with Gasteiger partial charge in [0.05, 0.1) is 28.8 Å². The van der Waals surface area contributed by atoms with Crippen LogP contribution in [0.4, 0.5) is 0 Å². The number of hydrogen-bond acceptors (Lipinski definition) is 5. The van der Waals surface area contributed by atoms with E-state index in [-0.39, 0.29) is 17.2 Å². The molecule has 2 saturated carbocycles. The van der Waals surface area contributed by atoms with Gasteiger partial charge in [-0.1, -0.05) is 13.3 Å². The fourth-order valence-electron chi connectivity index (χ4n) is 4.67. The van der Waals surface area contributed by atoms with Crippen LogP contribution in [0.3, 0.4) is 0 Å². The monoisotopic (exact) mass is 373 g/mol. The predicted octanol–water partition coefficient (Wildman–Crippen LogP) is 2.86. The van der Waals surface area contributed by atoms with Crippen LogP contribution in [-0.4, -0.2) is 44.4 Å². The van der Waals surface area contributed by atoms with E-state index in [1.165, 1.54) is 0 Å². The molecule has 0 aliphatic heterocycles. The molecule has 8 heteroatoms. The summed E-state index contributed by atoms with van der Waals surface area (Å²) in [4.78, 5) is 8.65. The topological polar surface area (TPSA) is 93.5 Å². The zero-order valence-corrected chi connectivity index (χ0v) is 15.6. The number of pyridine rings is 1. The molecule has 0 spiro atoms. The summed E-state index contributed by atoms with van der Waals surface area (Å²) >= 11 is 0. The minimum atomic E-state index is -2.92. The highest BCUT2D eigenvalue weighted by Gasteiger charge is 2.42. The van der Waals surface area contributed by atoms with Crippen molar-refractivity contribution in [3.63, 3.8) is 0 Å². The van der Waals surface area contributed by atoms with Gasteiger partial charge in [-0.25, -0.2) is 23.6 Å². The van der Waals surface area contributed by atoms with Gasteiger partial charge in [-0.05, 0) is 43.6 Å². The van der Waals surface area contributed by atoms with E-state index in [4.69, 9.17) is 0 Å². The van der Waals surface area contributed by atoms with E-state index in [0.717, 1.165) is 54.2 Å². The predicted molar refractivity (Wildman–Crippen MR) is 99.5 cm³/mol. The fourth-order valence-corrected chi connectivity index (χ4v) is 6.72. The van der Waals surface area contributed by atoms with Gasteiger partial charge in [0.15, 0.2) is 15.5 Å². The summed E-state index contributed by atoms with van der Waals surface area (Å²) in [7, 11) is -2.92. The number of aromatic nitrogens is 5. The van der Waals surface area contributed by atoms with Crippen LogP contribution in [0.2, 0.25) is 0 Å². The summed E-state index contributed by atoms with van der Waals surface area (Å²) in [6, 6.07) is 2.21. The number of hydrogen-bond donors (Lipinski definition) is 1. The Balaban J connectivity index is 1.50. The Labute approximate surface area is 152 Å². The summed E-state index contributed by atoms with van der Waals surface area (Å²) in [6.07, 6.45) is 8.10. The van der Waals surface area contributed by atoms with Crippen molar-refractivity contribution in [1.29, 1.82) is 0 Å². The van der Waals surface area contributed by atoms with Gasteiger partial charge in [-0.2, -0.15) is 5.10 Å². The van der Waals surface area contributed by atoms with E-state index in [1.807, 2.05) is 6.07 Å². The maximum Gasteiger partial charge on any atom is 0.161 e. The Hall–Kier alpha value is -1.96. The maximum absolute atomic E-state index is 12.4. The SMILES string of the molecule is CC[C@@H]1C[C@H](CS(=O)(=O)C2CC2)C[C@@H]1n1[nH]nc2cnc3nccc3c21. The van der Waals surface area contributed by atoms with Crippen molar-refractivity contribution in [3.8, 4) is 0 Å². The third-order valence-corrected chi connectivity index (χ3v) is 8.54. The van der Waals surface area contributed by atoms with E-state index >= 15 is 0 Å². The Kier molecular flexibility index (Phi) is 3.60. The van der Waals surface area contributed by atoms with Crippen LogP contribution in [0.1, 0.15) is 45.1 Å². The molecule has 7 nitrogen and oxygen atoms in total. The molecule has 0 amide bonds. The molecule has 0 unspecified atom stereocenters. The first-order valence-corrected chi connectivity index (χ1v) is 11.2. The summed E-state index contributed by atoms with van der Waals surface area (Å²) in [6.45, 7) is 2.19. The zero-order valence-electron chi connectivity index (χ0n) is 14.8. The van der Waals surface area contributed by atoms with Gasteiger partial charge >= 0.3 is 0 Å². The number of H-pyrrole nitrogens is 1. The van der Waals surface area contributed by atoms with Crippen LogP contribution >= 0.6 is 0 Å². The molecule has 0 saturated heterocycles. The highest BCUT2D eigenvalue weighted by atomic mass is 32.2. The summed E-state index contributed by atoms with van der Waals surface area (Å²) < 4.78 is 27.0. The smallest absolute Gasteiger partial charge is 0.161 e. The van der Waals surface area contributed by atoms with Gasteiger partial charge < -0.3 is 0 Å². The second-order valence-electron chi connectivity index (χ2n) is 7.86. The van der Waals surface area contributed by atoms with Crippen molar-refractivity contribution in [1.82, 2.24) is 25.0 Å². The first-order chi connectivity index (χ1) is 12.6. The van der Waals surface area contributed by atoms with Crippen LogP contribution in [0.15, 0.2) is 18.5 Å². The van der Waals surface area contributed by atoms with Gasteiger partial charge in [-0.15, -0.1) is 0 Å². The van der Waals surface area contributed by atoms with Crippen molar-refractivity contribution in [3.05, 3.63) is 18.5 Å². The molecular weight excluding hydrogens is 350 g/mol. The maximum atomic E-state index is 12.4. The lowest BCUT2D eigenvalue weighted by Crippen LogP contribution is -2.18. The van der Waals surface area contributed by atoms with E-state index in [0.29, 0.717) is 11.7 Å². The number of rotatable bonds is 5. The molecule has 0 bridgehead atoms. The molecule has 3 heterocycles. The highest BCUT2D eigenvalue weighted by Crippen LogP contribution is 2.44. The van der Waals surface area contributed by atoms with Gasteiger partial charge in [-0.3, -0.25) is 4.68 Å². The number of fused-ring (bicyclic) bond motifs is 3. The third kappa shape index (κ3) is 2.53. The molecule has 26 heavy (non-hydrogen) atoms. The van der Waals surface area contributed by atoms with Crippen molar-refractivity contribution in [2.45, 2.75) is 50.3 Å². The summed E-state index contributed by atoms with van der Waals surface area (Å²) in [5.41, 5.74) is 2.59. The number of sulfone groups is 1. The molecule has 0 radical (unpaired) electrons. The Morgan fingerprint density at radius 3 is 2.88 bits per heavy atom. The molecule has 3 aromatic heterocycles. The highest BCUT2D eigenvalue weighted by molar-refractivity contribution is 7.92. The molecule has 2 fully saturated rings. The Bertz CT molecular complexity index is 1070. The first kappa shape index (κ1) is 16.2. The van der Waals surface area contributed by atoms with Gasteiger partial charge in [0, 0.05) is 11.6 Å².